The fraction of sp³-hybridized carbons (Fsp3) is 0.286. The van der Waals surface area contributed by atoms with E-state index >= 15 is 0 Å². The third-order valence-electron chi connectivity index (χ3n) is 2.99. The highest BCUT2D eigenvalue weighted by molar-refractivity contribution is 9.10. The predicted molar refractivity (Wildman–Crippen MR) is 91.5 cm³/mol. The zero-order valence-corrected chi connectivity index (χ0v) is 14.8. The molecule has 1 N–H and O–H groups in total. The number of thiophene rings is 1. The number of hydrogen-bond donors (Lipinski definition) is 1. The van der Waals surface area contributed by atoms with Crippen LogP contribution in [0, 0.1) is 0 Å². The minimum Gasteiger partial charge on any atom is -0.375 e. The summed E-state index contributed by atoms with van der Waals surface area (Å²) in [6, 6.07) is 11.8. The number of halogens is 1. The van der Waals surface area contributed by atoms with Gasteiger partial charge in [-0.05, 0) is 45.9 Å². The average Bonchev–Trinajstić information content (AvgIpc) is 2.91. The Morgan fingerprint density at radius 2 is 1.95 bits per heavy atom. The third-order valence-corrected chi connectivity index (χ3v) is 7.12. The standard InChI is InChI=1S/C14H17BrN2O2S2/c1-17(12-6-3-2-4-7-12)10-5-9-16-21(18,19)14-13(15)8-11-20-14/h2-4,6-8,11,16H,5,9-10H2,1H3. The Morgan fingerprint density at radius 3 is 2.57 bits per heavy atom. The minimum atomic E-state index is -3.41. The van der Waals surface area contributed by atoms with Gasteiger partial charge in [-0.3, -0.25) is 0 Å². The summed E-state index contributed by atoms with van der Waals surface area (Å²) in [5, 5.41) is 1.75. The van der Waals surface area contributed by atoms with E-state index < -0.39 is 10.0 Å². The second-order valence-electron chi connectivity index (χ2n) is 4.56. The van der Waals surface area contributed by atoms with Gasteiger partial charge in [-0.15, -0.1) is 11.3 Å². The van der Waals surface area contributed by atoms with Crippen LogP contribution in [0.1, 0.15) is 6.42 Å². The van der Waals surface area contributed by atoms with Crippen LogP contribution in [0.15, 0.2) is 50.5 Å². The summed E-state index contributed by atoms with van der Waals surface area (Å²) in [6.45, 7) is 1.21. The fourth-order valence-electron chi connectivity index (χ4n) is 1.87. The first-order valence-corrected chi connectivity index (χ1v) is 9.65. The van der Waals surface area contributed by atoms with Crippen LogP contribution in [0.4, 0.5) is 5.69 Å². The summed E-state index contributed by atoms with van der Waals surface area (Å²) in [4.78, 5) is 2.11. The summed E-state index contributed by atoms with van der Waals surface area (Å²) >= 11 is 4.46. The third kappa shape index (κ3) is 4.54. The zero-order valence-electron chi connectivity index (χ0n) is 11.6. The van der Waals surface area contributed by atoms with Gasteiger partial charge >= 0.3 is 0 Å². The molecule has 0 bridgehead atoms. The van der Waals surface area contributed by atoms with Crippen LogP contribution in [-0.2, 0) is 10.0 Å². The number of hydrogen-bond acceptors (Lipinski definition) is 4. The van der Waals surface area contributed by atoms with Gasteiger partial charge in [0.1, 0.15) is 4.21 Å². The molecular weight excluding hydrogens is 372 g/mol. The lowest BCUT2D eigenvalue weighted by molar-refractivity contribution is 0.580. The molecule has 0 saturated heterocycles. The van der Waals surface area contributed by atoms with Crippen molar-refractivity contribution in [1.82, 2.24) is 4.72 Å². The van der Waals surface area contributed by atoms with Crippen molar-refractivity contribution in [1.29, 1.82) is 0 Å². The summed E-state index contributed by atoms with van der Waals surface area (Å²) in [6.07, 6.45) is 0.744. The second-order valence-corrected chi connectivity index (χ2v) is 8.30. The van der Waals surface area contributed by atoms with Crippen molar-refractivity contribution < 1.29 is 8.42 Å². The molecule has 21 heavy (non-hydrogen) atoms. The van der Waals surface area contributed by atoms with Crippen LogP contribution in [0.5, 0.6) is 0 Å². The quantitative estimate of drug-likeness (QED) is 0.740. The van der Waals surface area contributed by atoms with Crippen LogP contribution >= 0.6 is 27.3 Å². The molecule has 0 saturated carbocycles. The maximum Gasteiger partial charge on any atom is 0.251 e. The van der Waals surface area contributed by atoms with Crippen LogP contribution < -0.4 is 9.62 Å². The first kappa shape index (κ1) is 16.5. The fourth-order valence-corrected chi connectivity index (χ4v) is 5.33. The van der Waals surface area contributed by atoms with Crippen molar-refractivity contribution in [3.05, 3.63) is 46.3 Å². The number of anilines is 1. The largest absolute Gasteiger partial charge is 0.375 e. The smallest absolute Gasteiger partial charge is 0.251 e. The normalized spacial score (nSPS) is 11.5. The Labute approximate surface area is 138 Å². The lowest BCUT2D eigenvalue weighted by Gasteiger charge is -2.19. The lowest BCUT2D eigenvalue weighted by atomic mass is 10.3. The molecular formula is C14H17BrN2O2S2. The molecule has 7 heteroatoms. The van der Waals surface area contributed by atoms with Crippen molar-refractivity contribution in [3.63, 3.8) is 0 Å². The van der Waals surface area contributed by atoms with Gasteiger partial charge in [0.2, 0.25) is 0 Å². The molecule has 0 aliphatic heterocycles. The van der Waals surface area contributed by atoms with E-state index in [4.69, 9.17) is 0 Å². The Morgan fingerprint density at radius 1 is 1.24 bits per heavy atom. The van der Waals surface area contributed by atoms with E-state index in [1.807, 2.05) is 37.4 Å². The summed E-state index contributed by atoms with van der Waals surface area (Å²) < 4.78 is 27.7. The van der Waals surface area contributed by atoms with E-state index in [0.29, 0.717) is 15.2 Å². The molecule has 114 valence electrons. The van der Waals surface area contributed by atoms with Gasteiger partial charge in [0.15, 0.2) is 0 Å². The highest BCUT2D eigenvalue weighted by atomic mass is 79.9. The van der Waals surface area contributed by atoms with E-state index in [9.17, 15) is 8.42 Å². The second kappa shape index (κ2) is 7.40. The summed E-state index contributed by atoms with van der Waals surface area (Å²) in [7, 11) is -1.41. The molecule has 1 aromatic carbocycles. The van der Waals surface area contributed by atoms with Crippen LogP contribution in [0.3, 0.4) is 0 Å². The Kier molecular flexibility index (Phi) is 5.80. The molecule has 0 aliphatic rings. The van der Waals surface area contributed by atoms with Crippen LogP contribution in [-0.4, -0.2) is 28.6 Å². The van der Waals surface area contributed by atoms with Gasteiger partial charge in [-0.25, -0.2) is 13.1 Å². The maximum absolute atomic E-state index is 12.1. The first-order valence-electron chi connectivity index (χ1n) is 6.49. The molecule has 0 atom stereocenters. The molecule has 0 fully saturated rings. The Bertz CT molecular complexity index is 671. The highest BCUT2D eigenvalue weighted by Gasteiger charge is 2.18. The highest BCUT2D eigenvalue weighted by Crippen LogP contribution is 2.27. The molecule has 0 spiro atoms. The van der Waals surface area contributed by atoms with Gasteiger partial charge in [0.25, 0.3) is 10.0 Å². The number of nitrogens with one attached hydrogen (secondary N) is 1. The van der Waals surface area contributed by atoms with E-state index in [-0.39, 0.29) is 0 Å². The zero-order chi connectivity index (χ0) is 15.3. The Hall–Kier alpha value is -0.890. The molecule has 4 nitrogen and oxygen atoms in total. The van der Waals surface area contributed by atoms with Gasteiger partial charge in [0, 0.05) is 30.3 Å². The average molecular weight is 389 g/mol. The van der Waals surface area contributed by atoms with Crippen LogP contribution in [0.2, 0.25) is 0 Å². The summed E-state index contributed by atoms with van der Waals surface area (Å²) in [5.74, 6) is 0. The number of rotatable bonds is 7. The number of sulfonamides is 1. The molecule has 0 radical (unpaired) electrons. The van der Waals surface area contributed by atoms with Gasteiger partial charge in [-0.2, -0.15) is 0 Å². The van der Waals surface area contributed by atoms with E-state index in [1.54, 1.807) is 11.4 Å². The van der Waals surface area contributed by atoms with E-state index in [1.165, 1.54) is 11.3 Å². The molecule has 1 aromatic heterocycles. The van der Waals surface area contributed by atoms with Crippen molar-refractivity contribution in [2.75, 3.05) is 25.0 Å². The molecule has 0 aliphatic carbocycles. The topological polar surface area (TPSA) is 49.4 Å². The predicted octanol–water partition coefficient (Wildman–Crippen LogP) is 3.32. The lowest BCUT2D eigenvalue weighted by Crippen LogP contribution is -2.28. The van der Waals surface area contributed by atoms with Crippen molar-refractivity contribution in [2.45, 2.75) is 10.6 Å². The van der Waals surface area contributed by atoms with Gasteiger partial charge in [-0.1, -0.05) is 18.2 Å². The Balaban J connectivity index is 1.81. The van der Waals surface area contributed by atoms with E-state index in [0.717, 1.165) is 18.7 Å². The van der Waals surface area contributed by atoms with Crippen molar-refractivity contribution >= 4 is 43.0 Å². The number of nitrogens with zero attached hydrogens (tertiary/aromatic N) is 1. The molecule has 0 unspecified atom stereocenters. The van der Waals surface area contributed by atoms with Gasteiger partial charge in [0.05, 0.1) is 0 Å². The molecule has 2 aromatic rings. The number of benzene rings is 1. The monoisotopic (exact) mass is 388 g/mol. The van der Waals surface area contributed by atoms with Gasteiger partial charge < -0.3 is 4.90 Å². The summed E-state index contributed by atoms with van der Waals surface area (Å²) in [5.41, 5.74) is 1.13. The number of para-hydroxylation sites is 1. The van der Waals surface area contributed by atoms with Crippen molar-refractivity contribution in [3.8, 4) is 0 Å². The SMILES string of the molecule is CN(CCCNS(=O)(=O)c1sccc1Br)c1ccccc1. The minimum absolute atomic E-state index is 0.332. The molecule has 2 rings (SSSR count). The van der Waals surface area contributed by atoms with Crippen molar-refractivity contribution in [2.24, 2.45) is 0 Å². The molecule has 0 amide bonds. The van der Waals surface area contributed by atoms with E-state index in [2.05, 4.69) is 25.6 Å². The first-order chi connectivity index (χ1) is 10.0. The molecule has 1 heterocycles. The maximum atomic E-state index is 12.1. The van der Waals surface area contributed by atoms with Crippen LogP contribution in [0.25, 0.3) is 0 Å².